The van der Waals surface area contributed by atoms with Crippen LogP contribution in [0.15, 0.2) is 24.3 Å². The molecule has 0 amide bonds. The standard InChI is InChI=1S/C17H25NO3/c1-18(13-14-5-3-4-6-16(14)19-2)15-7-9-17(10-8-15)20-11-12-21-17/h3-6,15H,7-13H2,1-2H3. The molecule has 116 valence electrons. The van der Waals surface area contributed by atoms with E-state index in [1.54, 1.807) is 7.11 Å². The van der Waals surface area contributed by atoms with E-state index in [9.17, 15) is 0 Å². The SMILES string of the molecule is COc1ccccc1CN(C)C1CCC2(CC1)OCCO2. The third-order valence-electron chi connectivity index (χ3n) is 4.77. The molecule has 1 aromatic rings. The molecule has 3 rings (SSSR count). The Balaban J connectivity index is 1.58. The molecule has 0 atom stereocenters. The van der Waals surface area contributed by atoms with Crippen molar-refractivity contribution in [1.82, 2.24) is 4.90 Å². The van der Waals surface area contributed by atoms with E-state index in [-0.39, 0.29) is 5.79 Å². The van der Waals surface area contributed by atoms with Crippen LogP contribution in [0.25, 0.3) is 0 Å². The van der Waals surface area contributed by atoms with Crippen molar-refractivity contribution in [3.63, 3.8) is 0 Å². The molecule has 0 aromatic heterocycles. The average molecular weight is 291 g/mol. The minimum atomic E-state index is -0.262. The van der Waals surface area contributed by atoms with E-state index in [2.05, 4.69) is 24.1 Å². The molecule has 0 bridgehead atoms. The van der Waals surface area contributed by atoms with Crippen molar-refractivity contribution >= 4 is 0 Å². The Bertz CT molecular complexity index is 461. The van der Waals surface area contributed by atoms with Gasteiger partial charge in [-0.05, 0) is 26.0 Å². The van der Waals surface area contributed by atoms with Crippen LogP contribution in [0.5, 0.6) is 5.75 Å². The van der Waals surface area contributed by atoms with E-state index < -0.39 is 0 Å². The minimum Gasteiger partial charge on any atom is -0.496 e. The third kappa shape index (κ3) is 3.23. The lowest BCUT2D eigenvalue weighted by atomic mass is 9.89. The van der Waals surface area contributed by atoms with Gasteiger partial charge in [0.15, 0.2) is 5.79 Å². The first-order chi connectivity index (χ1) is 10.2. The summed E-state index contributed by atoms with van der Waals surface area (Å²) in [5, 5.41) is 0. The second-order valence-electron chi connectivity index (χ2n) is 6.07. The first-order valence-electron chi connectivity index (χ1n) is 7.82. The Labute approximate surface area is 127 Å². The van der Waals surface area contributed by atoms with Gasteiger partial charge in [0, 0.05) is 31.0 Å². The van der Waals surface area contributed by atoms with Gasteiger partial charge in [-0.25, -0.2) is 0 Å². The molecule has 1 saturated heterocycles. The first-order valence-corrected chi connectivity index (χ1v) is 7.82. The van der Waals surface area contributed by atoms with E-state index in [0.717, 1.165) is 51.2 Å². The van der Waals surface area contributed by atoms with Crippen molar-refractivity contribution in [2.24, 2.45) is 0 Å². The van der Waals surface area contributed by atoms with E-state index in [0.29, 0.717) is 6.04 Å². The maximum Gasteiger partial charge on any atom is 0.168 e. The molecule has 21 heavy (non-hydrogen) atoms. The fourth-order valence-corrected chi connectivity index (χ4v) is 3.50. The molecule has 0 N–H and O–H groups in total. The van der Waals surface area contributed by atoms with Gasteiger partial charge in [0.2, 0.25) is 0 Å². The number of ether oxygens (including phenoxy) is 3. The average Bonchev–Trinajstić information content (AvgIpc) is 2.96. The van der Waals surface area contributed by atoms with Crippen molar-refractivity contribution in [3.05, 3.63) is 29.8 Å². The van der Waals surface area contributed by atoms with Gasteiger partial charge in [-0.1, -0.05) is 18.2 Å². The Kier molecular flexibility index (Phi) is 4.48. The van der Waals surface area contributed by atoms with Gasteiger partial charge in [-0.15, -0.1) is 0 Å². The summed E-state index contributed by atoms with van der Waals surface area (Å²) in [4.78, 5) is 2.43. The summed E-state index contributed by atoms with van der Waals surface area (Å²) in [6.45, 7) is 2.42. The summed E-state index contributed by atoms with van der Waals surface area (Å²) in [6, 6.07) is 8.85. The van der Waals surface area contributed by atoms with Crippen LogP contribution >= 0.6 is 0 Å². The zero-order valence-electron chi connectivity index (χ0n) is 13.0. The summed E-state index contributed by atoms with van der Waals surface area (Å²) in [6.07, 6.45) is 4.28. The van der Waals surface area contributed by atoms with Crippen LogP contribution in [0.1, 0.15) is 31.2 Å². The maximum absolute atomic E-state index is 5.80. The zero-order chi connectivity index (χ0) is 14.7. The van der Waals surface area contributed by atoms with Gasteiger partial charge in [-0.3, -0.25) is 4.90 Å². The van der Waals surface area contributed by atoms with Crippen molar-refractivity contribution in [3.8, 4) is 5.75 Å². The topological polar surface area (TPSA) is 30.9 Å². The molecule has 0 unspecified atom stereocenters. The monoisotopic (exact) mass is 291 g/mol. The summed E-state index contributed by atoms with van der Waals surface area (Å²) >= 11 is 0. The van der Waals surface area contributed by atoms with Gasteiger partial charge in [0.1, 0.15) is 5.75 Å². The number of rotatable bonds is 4. The maximum atomic E-state index is 5.80. The predicted octanol–water partition coefficient (Wildman–Crippen LogP) is 2.81. The van der Waals surface area contributed by atoms with Gasteiger partial charge < -0.3 is 14.2 Å². The van der Waals surface area contributed by atoms with E-state index >= 15 is 0 Å². The van der Waals surface area contributed by atoms with Crippen molar-refractivity contribution in [2.45, 2.75) is 44.1 Å². The number of hydrogen-bond acceptors (Lipinski definition) is 4. The van der Waals surface area contributed by atoms with Crippen molar-refractivity contribution in [2.75, 3.05) is 27.4 Å². The number of hydrogen-bond donors (Lipinski definition) is 0. The highest BCUT2D eigenvalue weighted by Gasteiger charge is 2.41. The van der Waals surface area contributed by atoms with Crippen LogP contribution < -0.4 is 4.74 Å². The van der Waals surface area contributed by atoms with Gasteiger partial charge in [0.05, 0.1) is 20.3 Å². The molecule has 1 saturated carbocycles. The normalized spacial score (nSPS) is 22.0. The Morgan fingerprint density at radius 3 is 2.52 bits per heavy atom. The molecule has 2 aliphatic rings. The summed E-state index contributed by atoms with van der Waals surface area (Å²) in [5.41, 5.74) is 1.25. The molecule has 1 aromatic carbocycles. The smallest absolute Gasteiger partial charge is 0.168 e. The van der Waals surface area contributed by atoms with Gasteiger partial charge >= 0.3 is 0 Å². The largest absolute Gasteiger partial charge is 0.496 e. The summed E-state index contributed by atoms with van der Waals surface area (Å²) in [5.74, 6) is 0.709. The first kappa shape index (κ1) is 14.8. The van der Waals surface area contributed by atoms with Crippen LogP contribution in [0.4, 0.5) is 0 Å². The van der Waals surface area contributed by atoms with Crippen LogP contribution in [0.2, 0.25) is 0 Å². The lowest BCUT2D eigenvalue weighted by Gasteiger charge is -2.39. The summed E-state index contributed by atoms with van der Waals surface area (Å²) < 4.78 is 17.1. The molecule has 1 aliphatic heterocycles. The quantitative estimate of drug-likeness (QED) is 0.853. The summed E-state index contributed by atoms with van der Waals surface area (Å²) in [7, 11) is 3.93. The minimum absolute atomic E-state index is 0.262. The van der Waals surface area contributed by atoms with Crippen LogP contribution in [0, 0.1) is 0 Å². The lowest BCUT2D eigenvalue weighted by Crippen LogP contribution is -2.42. The van der Waals surface area contributed by atoms with Gasteiger partial charge in [0.25, 0.3) is 0 Å². The van der Waals surface area contributed by atoms with Crippen LogP contribution in [-0.4, -0.2) is 44.1 Å². The molecule has 2 fully saturated rings. The Morgan fingerprint density at radius 1 is 1.19 bits per heavy atom. The van der Waals surface area contributed by atoms with E-state index in [1.807, 2.05) is 12.1 Å². The highest BCUT2D eigenvalue weighted by Crippen LogP contribution is 2.37. The van der Waals surface area contributed by atoms with Crippen molar-refractivity contribution in [1.29, 1.82) is 0 Å². The Morgan fingerprint density at radius 2 is 1.86 bits per heavy atom. The fraction of sp³-hybridized carbons (Fsp3) is 0.647. The number of methoxy groups -OCH3 is 1. The second kappa shape index (κ2) is 6.34. The van der Waals surface area contributed by atoms with E-state index in [1.165, 1.54) is 5.56 Å². The van der Waals surface area contributed by atoms with Crippen molar-refractivity contribution < 1.29 is 14.2 Å². The predicted molar refractivity (Wildman–Crippen MR) is 81.4 cm³/mol. The lowest BCUT2D eigenvalue weighted by molar-refractivity contribution is -0.183. The number of nitrogens with zero attached hydrogens (tertiary/aromatic N) is 1. The van der Waals surface area contributed by atoms with Crippen LogP contribution in [-0.2, 0) is 16.0 Å². The number of para-hydroxylation sites is 1. The fourth-order valence-electron chi connectivity index (χ4n) is 3.50. The van der Waals surface area contributed by atoms with Gasteiger partial charge in [-0.2, -0.15) is 0 Å². The molecule has 4 nitrogen and oxygen atoms in total. The number of benzene rings is 1. The zero-order valence-corrected chi connectivity index (χ0v) is 13.0. The molecule has 1 heterocycles. The molecule has 4 heteroatoms. The molecular formula is C17H25NO3. The highest BCUT2D eigenvalue weighted by molar-refractivity contribution is 5.33. The van der Waals surface area contributed by atoms with E-state index in [4.69, 9.17) is 14.2 Å². The molecular weight excluding hydrogens is 266 g/mol. The molecule has 1 spiro atoms. The Hall–Kier alpha value is -1.10. The third-order valence-corrected chi connectivity index (χ3v) is 4.77. The molecule has 1 aliphatic carbocycles. The van der Waals surface area contributed by atoms with Crippen LogP contribution in [0.3, 0.4) is 0 Å². The highest BCUT2D eigenvalue weighted by atomic mass is 16.7. The molecule has 0 radical (unpaired) electrons. The second-order valence-corrected chi connectivity index (χ2v) is 6.07.